The number of fused-ring (bicyclic) bond motifs is 1. The number of nitrogens with zero attached hydrogens (tertiary/aromatic N) is 1. The number of benzene rings is 1. The number of anilines is 1. The number of hydrogen-bond donors (Lipinski definition) is 1. The predicted molar refractivity (Wildman–Crippen MR) is 86.9 cm³/mol. The first-order valence-electron chi connectivity index (χ1n) is 7.89. The van der Waals surface area contributed by atoms with Gasteiger partial charge in [0.15, 0.2) is 6.10 Å². The van der Waals surface area contributed by atoms with E-state index in [0.717, 1.165) is 6.42 Å². The van der Waals surface area contributed by atoms with Crippen LogP contribution in [-0.4, -0.2) is 37.8 Å². The summed E-state index contributed by atoms with van der Waals surface area (Å²) in [5, 5.41) is 2.70. The van der Waals surface area contributed by atoms with Gasteiger partial charge < -0.3 is 10.1 Å². The fraction of sp³-hybridized carbons (Fsp3) is 0.562. The highest BCUT2D eigenvalue weighted by atomic mass is 32.2. The van der Waals surface area contributed by atoms with E-state index in [-0.39, 0.29) is 10.8 Å². The molecule has 3 atom stereocenters. The van der Waals surface area contributed by atoms with Gasteiger partial charge in [-0.2, -0.15) is 4.31 Å². The molecule has 0 unspecified atom stereocenters. The van der Waals surface area contributed by atoms with Gasteiger partial charge in [-0.1, -0.05) is 13.8 Å². The lowest BCUT2D eigenvalue weighted by Gasteiger charge is -2.34. The Labute approximate surface area is 136 Å². The third-order valence-corrected chi connectivity index (χ3v) is 6.18. The summed E-state index contributed by atoms with van der Waals surface area (Å²) in [4.78, 5) is 11.9. The van der Waals surface area contributed by atoms with E-state index in [0.29, 0.717) is 36.4 Å². The highest BCUT2D eigenvalue weighted by molar-refractivity contribution is 7.89. The van der Waals surface area contributed by atoms with Gasteiger partial charge in [-0.15, -0.1) is 0 Å². The van der Waals surface area contributed by atoms with Gasteiger partial charge in [0, 0.05) is 13.1 Å². The third kappa shape index (κ3) is 3.07. The van der Waals surface area contributed by atoms with Crippen molar-refractivity contribution in [2.24, 2.45) is 11.8 Å². The second kappa shape index (κ2) is 5.79. The summed E-state index contributed by atoms with van der Waals surface area (Å²) < 4.78 is 32.8. The van der Waals surface area contributed by atoms with E-state index in [1.165, 1.54) is 6.07 Å². The summed E-state index contributed by atoms with van der Waals surface area (Å²) in [5.74, 6) is 0.911. The number of sulfonamides is 1. The molecule has 23 heavy (non-hydrogen) atoms. The summed E-state index contributed by atoms with van der Waals surface area (Å²) in [5.41, 5.74) is 0.410. The molecule has 1 aromatic rings. The lowest BCUT2D eigenvalue weighted by atomic mass is 9.94. The molecule has 3 rings (SSSR count). The van der Waals surface area contributed by atoms with Gasteiger partial charge in [-0.3, -0.25) is 4.79 Å². The molecule has 0 radical (unpaired) electrons. The van der Waals surface area contributed by atoms with Crippen molar-refractivity contribution in [2.45, 2.75) is 38.2 Å². The molecular weight excluding hydrogens is 316 g/mol. The van der Waals surface area contributed by atoms with E-state index < -0.39 is 16.1 Å². The average Bonchev–Trinajstić information content (AvgIpc) is 2.47. The Morgan fingerprint density at radius 3 is 2.48 bits per heavy atom. The van der Waals surface area contributed by atoms with Crippen molar-refractivity contribution < 1.29 is 17.9 Å². The Bertz CT molecular complexity index is 722. The number of piperidine rings is 1. The number of ether oxygens (including phenoxy) is 1. The van der Waals surface area contributed by atoms with Gasteiger partial charge in [0.25, 0.3) is 5.91 Å². The van der Waals surface area contributed by atoms with Crippen LogP contribution in [0.5, 0.6) is 5.75 Å². The second-order valence-electron chi connectivity index (χ2n) is 6.68. The maximum absolute atomic E-state index is 12.9. The molecule has 1 saturated heterocycles. The average molecular weight is 338 g/mol. The molecule has 1 aromatic carbocycles. The van der Waals surface area contributed by atoms with Gasteiger partial charge in [0.05, 0.1) is 10.6 Å². The van der Waals surface area contributed by atoms with E-state index in [1.54, 1.807) is 23.4 Å². The van der Waals surface area contributed by atoms with Gasteiger partial charge in [-0.25, -0.2) is 8.42 Å². The zero-order valence-corrected chi connectivity index (χ0v) is 14.4. The van der Waals surface area contributed by atoms with Crippen molar-refractivity contribution in [3.05, 3.63) is 18.2 Å². The number of carbonyl (C=O) groups is 1. The highest BCUT2D eigenvalue weighted by Crippen LogP contribution is 2.34. The molecule has 0 aromatic heterocycles. The summed E-state index contributed by atoms with van der Waals surface area (Å²) in [7, 11) is -3.57. The first-order chi connectivity index (χ1) is 10.8. The molecule has 126 valence electrons. The topological polar surface area (TPSA) is 75.7 Å². The Morgan fingerprint density at radius 2 is 1.83 bits per heavy atom. The molecule has 0 aliphatic carbocycles. The molecule has 0 spiro atoms. The Kier molecular flexibility index (Phi) is 4.10. The van der Waals surface area contributed by atoms with Crippen molar-refractivity contribution in [1.82, 2.24) is 4.31 Å². The monoisotopic (exact) mass is 338 g/mol. The van der Waals surface area contributed by atoms with Crippen LogP contribution < -0.4 is 10.1 Å². The lowest BCUT2D eigenvalue weighted by molar-refractivity contribution is -0.122. The van der Waals surface area contributed by atoms with Crippen molar-refractivity contribution >= 4 is 21.6 Å². The molecule has 7 heteroatoms. The zero-order valence-electron chi connectivity index (χ0n) is 13.6. The van der Waals surface area contributed by atoms with Crippen LogP contribution in [0.15, 0.2) is 23.1 Å². The van der Waals surface area contributed by atoms with Crippen LogP contribution in [0, 0.1) is 11.8 Å². The summed E-state index contributed by atoms with van der Waals surface area (Å²) in [6.07, 6.45) is 0.464. The summed E-state index contributed by atoms with van der Waals surface area (Å²) in [6, 6.07) is 4.63. The summed E-state index contributed by atoms with van der Waals surface area (Å²) >= 11 is 0. The van der Waals surface area contributed by atoms with Crippen LogP contribution in [0.1, 0.15) is 27.2 Å². The fourth-order valence-corrected chi connectivity index (χ4v) is 5.01. The number of carbonyl (C=O) groups excluding carboxylic acids is 1. The van der Waals surface area contributed by atoms with E-state index in [9.17, 15) is 13.2 Å². The molecule has 0 bridgehead atoms. The molecule has 1 N–H and O–H groups in total. The van der Waals surface area contributed by atoms with Gasteiger partial charge in [0.1, 0.15) is 5.75 Å². The molecule has 1 amide bonds. The number of amides is 1. The Morgan fingerprint density at radius 1 is 1.17 bits per heavy atom. The third-order valence-electron chi connectivity index (χ3n) is 4.36. The first kappa shape index (κ1) is 16.3. The van der Waals surface area contributed by atoms with E-state index >= 15 is 0 Å². The van der Waals surface area contributed by atoms with Crippen LogP contribution >= 0.6 is 0 Å². The SMILES string of the molecule is C[C@@H]1C[C@@H](C)CN(S(=O)(=O)c2ccc3c(c2)NC(=O)[C@H](C)O3)C1. The quantitative estimate of drug-likeness (QED) is 0.896. The van der Waals surface area contributed by atoms with Crippen molar-refractivity contribution in [3.63, 3.8) is 0 Å². The van der Waals surface area contributed by atoms with Crippen LogP contribution in [0.4, 0.5) is 5.69 Å². The van der Waals surface area contributed by atoms with Crippen LogP contribution in [-0.2, 0) is 14.8 Å². The maximum Gasteiger partial charge on any atom is 0.265 e. The maximum atomic E-state index is 12.9. The lowest BCUT2D eigenvalue weighted by Crippen LogP contribution is -2.42. The van der Waals surface area contributed by atoms with E-state index in [4.69, 9.17) is 4.74 Å². The minimum Gasteiger partial charge on any atom is -0.479 e. The first-order valence-corrected chi connectivity index (χ1v) is 9.33. The fourth-order valence-electron chi connectivity index (χ4n) is 3.30. The number of nitrogens with one attached hydrogen (secondary N) is 1. The minimum atomic E-state index is -3.57. The van der Waals surface area contributed by atoms with Crippen molar-refractivity contribution in [1.29, 1.82) is 0 Å². The van der Waals surface area contributed by atoms with Crippen LogP contribution in [0.25, 0.3) is 0 Å². The van der Waals surface area contributed by atoms with Gasteiger partial charge in [-0.05, 0) is 43.4 Å². The smallest absolute Gasteiger partial charge is 0.265 e. The molecule has 2 heterocycles. The second-order valence-corrected chi connectivity index (χ2v) is 8.61. The molecular formula is C16H22N2O4S. The predicted octanol–water partition coefficient (Wildman–Crippen LogP) is 2.07. The normalized spacial score (nSPS) is 28.7. The molecule has 1 fully saturated rings. The van der Waals surface area contributed by atoms with Crippen molar-refractivity contribution in [3.8, 4) is 5.75 Å². The summed E-state index contributed by atoms with van der Waals surface area (Å²) in [6.45, 7) is 6.85. The molecule has 2 aliphatic heterocycles. The molecule has 6 nitrogen and oxygen atoms in total. The van der Waals surface area contributed by atoms with E-state index in [2.05, 4.69) is 19.2 Å². The zero-order chi connectivity index (χ0) is 16.8. The standard InChI is InChI=1S/C16H22N2O4S/c1-10-6-11(2)9-18(8-10)23(20,21)13-4-5-15-14(7-13)17-16(19)12(3)22-15/h4-5,7,10-12H,6,8-9H2,1-3H3,(H,17,19)/t10-,11-,12+/m1/s1. The van der Waals surface area contributed by atoms with E-state index in [1.807, 2.05) is 0 Å². The molecule has 2 aliphatic rings. The van der Waals surface area contributed by atoms with Crippen LogP contribution in [0.3, 0.4) is 0 Å². The largest absolute Gasteiger partial charge is 0.479 e. The van der Waals surface area contributed by atoms with Gasteiger partial charge in [0.2, 0.25) is 10.0 Å². The Hall–Kier alpha value is -1.60. The highest BCUT2D eigenvalue weighted by Gasteiger charge is 2.33. The minimum absolute atomic E-state index is 0.191. The number of hydrogen-bond acceptors (Lipinski definition) is 4. The van der Waals surface area contributed by atoms with Crippen molar-refractivity contribution in [2.75, 3.05) is 18.4 Å². The van der Waals surface area contributed by atoms with Crippen LogP contribution in [0.2, 0.25) is 0 Å². The molecule has 0 saturated carbocycles. The van der Waals surface area contributed by atoms with Gasteiger partial charge >= 0.3 is 0 Å². The Balaban J connectivity index is 1.92. The number of rotatable bonds is 2.